The van der Waals surface area contributed by atoms with Crippen LogP contribution in [0.4, 0.5) is 0 Å². The molecule has 1 aromatic heterocycles. The van der Waals surface area contributed by atoms with Gasteiger partial charge in [0.1, 0.15) is 0 Å². The molecule has 0 saturated carbocycles. The minimum absolute atomic E-state index is 0.0674. The molecule has 4 rings (SSSR count). The highest BCUT2D eigenvalue weighted by molar-refractivity contribution is 9.10. The van der Waals surface area contributed by atoms with Gasteiger partial charge in [-0.05, 0) is 36.6 Å². The molecule has 0 N–H and O–H groups in total. The van der Waals surface area contributed by atoms with Crippen LogP contribution in [0.1, 0.15) is 24.8 Å². The molecule has 0 bridgehead atoms. The first-order chi connectivity index (χ1) is 14.6. The zero-order valence-corrected chi connectivity index (χ0v) is 18.3. The number of likely N-dealkylation sites (tertiary alicyclic amines) is 1. The van der Waals surface area contributed by atoms with Crippen molar-refractivity contribution in [2.24, 2.45) is 0 Å². The van der Waals surface area contributed by atoms with Crippen LogP contribution < -0.4 is 5.56 Å². The summed E-state index contributed by atoms with van der Waals surface area (Å²) >= 11 is 3.39. The standard InChI is InChI=1S/C23H24BrN3O3/c24-18-6-7-21-20(14-18)23(29)27(16-25-21)13-10-22(28)26-11-8-19(9-12-26)30-15-17-4-2-1-3-5-17/h1-7,14,16,19H,8-13,15H2. The second kappa shape index (κ2) is 9.53. The van der Waals surface area contributed by atoms with Crippen molar-refractivity contribution in [3.05, 3.63) is 75.2 Å². The molecule has 0 radical (unpaired) electrons. The molecule has 1 fully saturated rings. The van der Waals surface area contributed by atoms with Crippen molar-refractivity contribution in [3.8, 4) is 0 Å². The molecule has 2 heterocycles. The highest BCUT2D eigenvalue weighted by Crippen LogP contribution is 2.17. The van der Waals surface area contributed by atoms with Crippen LogP contribution in [0, 0.1) is 0 Å². The highest BCUT2D eigenvalue weighted by Gasteiger charge is 2.23. The quantitative estimate of drug-likeness (QED) is 0.551. The number of fused-ring (bicyclic) bond motifs is 1. The first-order valence-corrected chi connectivity index (χ1v) is 11.0. The van der Waals surface area contributed by atoms with Crippen LogP contribution in [0.2, 0.25) is 0 Å². The largest absolute Gasteiger partial charge is 0.373 e. The maximum absolute atomic E-state index is 12.7. The summed E-state index contributed by atoms with van der Waals surface area (Å²) in [7, 11) is 0. The third kappa shape index (κ3) is 4.96. The lowest BCUT2D eigenvalue weighted by Crippen LogP contribution is -2.41. The molecule has 0 spiro atoms. The summed E-state index contributed by atoms with van der Waals surface area (Å²) in [5.41, 5.74) is 1.70. The molecule has 30 heavy (non-hydrogen) atoms. The van der Waals surface area contributed by atoms with Crippen molar-refractivity contribution < 1.29 is 9.53 Å². The van der Waals surface area contributed by atoms with E-state index in [1.54, 1.807) is 12.1 Å². The van der Waals surface area contributed by atoms with Gasteiger partial charge in [-0.3, -0.25) is 14.2 Å². The van der Waals surface area contributed by atoms with Crippen molar-refractivity contribution in [3.63, 3.8) is 0 Å². The summed E-state index contributed by atoms with van der Waals surface area (Å²) in [6.45, 7) is 2.32. The van der Waals surface area contributed by atoms with E-state index in [-0.39, 0.29) is 24.0 Å². The average Bonchev–Trinajstić information content (AvgIpc) is 2.78. The molecule has 6 nitrogen and oxygen atoms in total. The van der Waals surface area contributed by atoms with Crippen LogP contribution in [-0.2, 0) is 22.7 Å². The third-order valence-corrected chi connectivity index (χ3v) is 5.97. The van der Waals surface area contributed by atoms with Gasteiger partial charge < -0.3 is 9.64 Å². The minimum Gasteiger partial charge on any atom is -0.373 e. The smallest absolute Gasteiger partial charge is 0.261 e. The third-order valence-electron chi connectivity index (χ3n) is 5.48. The second-order valence-corrected chi connectivity index (χ2v) is 8.45. The lowest BCUT2D eigenvalue weighted by Gasteiger charge is -2.32. The molecule has 1 amide bonds. The Kier molecular flexibility index (Phi) is 6.59. The first kappa shape index (κ1) is 20.8. The number of aryl methyl sites for hydroxylation is 1. The summed E-state index contributed by atoms with van der Waals surface area (Å²) in [6, 6.07) is 15.6. The van der Waals surface area contributed by atoms with Crippen LogP contribution in [0.15, 0.2) is 64.1 Å². The van der Waals surface area contributed by atoms with Gasteiger partial charge in [-0.15, -0.1) is 0 Å². The maximum Gasteiger partial charge on any atom is 0.261 e. The molecular weight excluding hydrogens is 446 g/mol. The monoisotopic (exact) mass is 469 g/mol. The molecule has 7 heteroatoms. The Morgan fingerprint density at radius 3 is 2.67 bits per heavy atom. The van der Waals surface area contributed by atoms with Crippen molar-refractivity contribution in [1.29, 1.82) is 0 Å². The van der Waals surface area contributed by atoms with Gasteiger partial charge in [0.15, 0.2) is 0 Å². The second-order valence-electron chi connectivity index (χ2n) is 7.53. The Morgan fingerprint density at radius 2 is 1.90 bits per heavy atom. The summed E-state index contributed by atoms with van der Waals surface area (Å²) in [6.07, 6.45) is 3.67. The fourth-order valence-electron chi connectivity index (χ4n) is 3.72. The van der Waals surface area contributed by atoms with Gasteiger partial charge in [-0.1, -0.05) is 46.3 Å². The van der Waals surface area contributed by atoms with Crippen LogP contribution >= 0.6 is 15.9 Å². The Hall–Kier alpha value is -2.51. The number of nitrogens with zero attached hydrogens (tertiary/aromatic N) is 3. The number of carbonyl (C=O) groups is 1. The molecule has 0 aliphatic carbocycles. The van der Waals surface area contributed by atoms with Crippen LogP contribution in [0.5, 0.6) is 0 Å². The van der Waals surface area contributed by atoms with E-state index in [9.17, 15) is 9.59 Å². The first-order valence-electron chi connectivity index (χ1n) is 10.2. The Labute approximate surface area is 183 Å². The predicted molar refractivity (Wildman–Crippen MR) is 119 cm³/mol. The molecule has 1 aliphatic rings. The van der Waals surface area contributed by atoms with Gasteiger partial charge in [0.05, 0.1) is 29.9 Å². The summed E-state index contributed by atoms with van der Waals surface area (Å²) < 4.78 is 8.35. The van der Waals surface area contributed by atoms with E-state index in [0.717, 1.165) is 22.9 Å². The van der Waals surface area contributed by atoms with Crippen molar-refractivity contribution in [2.45, 2.75) is 38.5 Å². The van der Waals surface area contributed by atoms with E-state index >= 15 is 0 Å². The van der Waals surface area contributed by atoms with Crippen LogP contribution in [0.25, 0.3) is 10.9 Å². The molecule has 0 unspecified atom stereocenters. The molecule has 0 atom stereocenters. The number of ether oxygens (including phenoxy) is 1. The number of carbonyl (C=O) groups excluding carboxylic acids is 1. The van der Waals surface area contributed by atoms with Crippen molar-refractivity contribution in [2.75, 3.05) is 13.1 Å². The fraction of sp³-hybridized carbons (Fsp3) is 0.348. The molecular formula is C23H24BrN3O3. The predicted octanol–water partition coefficient (Wildman–Crippen LogP) is 3.76. The summed E-state index contributed by atoms with van der Waals surface area (Å²) in [4.78, 5) is 31.5. The van der Waals surface area contributed by atoms with E-state index in [0.29, 0.717) is 37.1 Å². The molecule has 1 saturated heterocycles. The molecule has 1 aliphatic heterocycles. The van der Waals surface area contributed by atoms with E-state index < -0.39 is 0 Å². The average molecular weight is 470 g/mol. The normalized spacial score (nSPS) is 14.9. The van der Waals surface area contributed by atoms with Gasteiger partial charge in [0, 0.05) is 30.5 Å². The Balaban J connectivity index is 1.28. The maximum atomic E-state index is 12.7. The number of hydrogen-bond acceptors (Lipinski definition) is 4. The van der Waals surface area contributed by atoms with Crippen LogP contribution in [0.3, 0.4) is 0 Å². The zero-order valence-electron chi connectivity index (χ0n) is 16.7. The van der Waals surface area contributed by atoms with Crippen molar-refractivity contribution in [1.82, 2.24) is 14.5 Å². The topological polar surface area (TPSA) is 64.4 Å². The van der Waals surface area contributed by atoms with Crippen LogP contribution in [-0.4, -0.2) is 39.6 Å². The lowest BCUT2D eigenvalue weighted by atomic mass is 10.1. The summed E-state index contributed by atoms with van der Waals surface area (Å²) in [5.74, 6) is 0.0674. The number of amides is 1. The molecule has 2 aromatic carbocycles. The number of aromatic nitrogens is 2. The van der Waals surface area contributed by atoms with Gasteiger partial charge in [0.25, 0.3) is 5.56 Å². The number of hydrogen-bond donors (Lipinski definition) is 0. The SMILES string of the molecule is O=C(CCn1cnc2ccc(Br)cc2c1=O)N1CCC(OCc2ccccc2)CC1. The minimum atomic E-state index is -0.123. The summed E-state index contributed by atoms with van der Waals surface area (Å²) in [5, 5.41) is 0.552. The number of benzene rings is 2. The lowest BCUT2D eigenvalue weighted by molar-refractivity contribution is -0.134. The number of piperidine rings is 1. The van der Waals surface area contributed by atoms with Gasteiger partial charge in [-0.25, -0.2) is 4.98 Å². The molecule has 156 valence electrons. The van der Waals surface area contributed by atoms with E-state index in [1.807, 2.05) is 29.2 Å². The van der Waals surface area contributed by atoms with Crippen molar-refractivity contribution >= 4 is 32.7 Å². The van der Waals surface area contributed by atoms with Gasteiger partial charge in [0.2, 0.25) is 5.91 Å². The fourth-order valence-corrected chi connectivity index (χ4v) is 4.09. The number of rotatable bonds is 6. The molecule has 3 aromatic rings. The number of halogens is 1. The van der Waals surface area contributed by atoms with E-state index in [1.165, 1.54) is 10.9 Å². The van der Waals surface area contributed by atoms with E-state index in [4.69, 9.17) is 4.74 Å². The highest BCUT2D eigenvalue weighted by atomic mass is 79.9. The van der Waals surface area contributed by atoms with E-state index in [2.05, 4.69) is 33.0 Å². The Bertz CT molecular complexity index is 1080. The Morgan fingerprint density at radius 1 is 1.13 bits per heavy atom. The van der Waals surface area contributed by atoms with Gasteiger partial charge >= 0.3 is 0 Å². The van der Waals surface area contributed by atoms with Gasteiger partial charge in [-0.2, -0.15) is 0 Å². The zero-order chi connectivity index (χ0) is 20.9.